The van der Waals surface area contributed by atoms with Crippen LogP contribution in [-0.4, -0.2) is 57.8 Å². The summed E-state index contributed by atoms with van der Waals surface area (Å²) in [5, 5.41) is 3.03. The first-order chi connectivity index (χ1) is 13.7. The van der Waals surface area contributed by atoms with E-state index in [0.29, 0.717) is 12.5 Å². The summed E-state index contributed by atoms with van der Waals surface area (Å²) in [4.78, 5) is 23.2. The zero-order valence-electron chi connectivity index (χ0n) is 16.5. The summed E-state index contributed by atoms with van der Waals surface area (Å²) >= 11 is 0. The zero-order valence-corrected chi connectivity index (χ0v) is 16.5. The van der Waals surface area contributed by atoms with Crippen LogP contribution in [0.3, 0.4) is 0 Å². The van der Waals surface area contributed by atoms with Crippen LogP contribution in [0.4, 0.5) is 4.79 Å². The second-order valence-electron chi connectivity index (χ2n) is 7.83. The van der Waals surface area contributed by atoms with Gasteiger partial charge in [0, 0.05) is 62.6 Å². The molecule has 2 amide bonds. The Kier molecular flexibility index (Phi) is 5.90. The summed E-state index contributed by atoms with van der Waals surface area (Å²) in [7, 11) is 0. The molecule has 1 unspecified atom stereocenters. The van der Waals surface area contributed by atoms with E-state index in [1.807, 2.05) is 29.4 Å². The number of amides is 2. The number of ether oxygens (including phenoxy) is 1. The highest BCUT2D eigenvalue weighted by atomic mass is 16.5. The molecule has 1 atom stereocenters. The van der Waals surface area contributed by atoms with Crippen molar-refractivity contribution in [1.29, 1.82) is 0 Å². The molecule has 28 heavy (non-hydrogen) atoms. The number of nitrogens with one attached hydrogen (secondary N) is 1. The number of hydrogen-bond donors (Lipinski definition) is 1. The van der Waals surface area contributed by atoms with Gasteiger partial charge in [-0.3, -0.25) is 4.98 Å². The van der Waals surface area contributed by atoms with Crippen LogP contribution in [-0.2, 0) is 11.3 Å². The van der Waals surface area contributed by atoms with Crippen LogP contribution in [0.2, 0.25) is 0 Å². The molecule has 2 saturated heterocycles. The van der Waals surface area contributed by atoms with Gasteiger partial charge in [-0.1, -0.05) is 0 Å². The third-order valence-corrected chi connectivity index (χ3v) is 5.82. The molecule has 2 aliphatic heterocycles. The van der Waals surface area contributed by atoms with Crippen molar-refractivity contribution < 1.29 is 9.53 Å². The zero-order chi connectivity index (χ0) is 19.3. The molecular weight excluding hydrogens is 354 g/mol. The Morgan fingerprint density at radius 3 is 2.86 bits per heavy atom. The van der Waals surface area contributed by atoms with Crippen LogP contribution in [0, 0.1) is 12.8 Å². The Morgan fingerprint density at radius 2 is 2.14 bits per heavy atom. The molecule has 2 aromatic rings. The van der Waals surface area contributed by atoms with Gasteiger partial charge in [0.15, 0.2) is 0 Å². The number of likely N-dealkylation sites (tertiary alicyclic amines) is 1. The van der Waals surface area contributed by atoms with E-state index < -0.39 is 0 Å². The Bertz CT molecular complexity index is 777. The SMILES string of the molecule is Cc1cnc(-c2cccnc2)n1CC1CCN(C(=O)NCC2CCCO2)CC1. The van der Waals surface area contributed by atoms with Gasteiger partial charge >= 0.3 is 6.03 Å². The van der Waals surface area contributed by atoms with Crippen molar-refractivity contribution in [2.24, 2.45) is 5.92 Å². The van der Waals surface area contributed by atoms with Crippen LogP contribution in [0.5, 0.6) is 0 Å². The predicted octanol–water partition coefficient (Wildman–Crippen LogP) is 2.85. The lowest BCUT2D eigenvalue weighted by Crippen LogP contribution is -2.46. The smallest absolute Gasteiger partial charge is 0.317 e. The second kappa shape index (κ2) is 8.73. The topological polar surface area (TPSA) is 72.3 Å². The van der Waals surface area contributed by atoms with Gasteiger partial charge in [0.25, 0.3) is 0 Å². The van der Waals surface area contributed by atoms with Crippen LogP contribution < -0.4 is 5.32 Å². The Labute approximate surface area is 166 Å². The molecule has 4 heterocycles. The fourth-order valence-electron chi connectivity index (χ4n) is 4.11. The summed E-state index contributed by atoms with van der Waals surface area (Å²) in [5.74, 6) is 1.52. The number of pyridine rings is 1. The van der Waals surface area contributed by atoms with Crippen LogP contribution in [0.1, 0.15) is 31.4 Å². The van der Waals surface area contributed by atoms with Crippen molar-refractivity contribution >= 4 is 6.03 Å². The molecular formula is C21H29N5O2. The largest absolute Gasteiger partial charge is 0.376 e. The lowest BCUT2D eigenvalue weighted by atomic mass is 9.96. The van der Waals surface area contributed by atoms with Gasteiger partial charge < -0.3 is 19.5 Å². The number of aromatic nitrogens is 3. The third kappa shape index (κ3) is 4.35. The minimum atomic E-state index is 0.0452. The molecule has 7 heteroatoms. The number of imidazole rings is 1. The van der Waals surface area contributed by atoms with E-state index in [9.17, 15) is 4.79 Å². The predicted molar refractivity (Wildman–Crippen MR) is 107 cm³/mol. The standard InChI is InChI=1S/C21H29N5O2/c1-16-12-23-20(18-4-2-8-22-13-18)26(16)15-17-6-9-25(10-7-17)21(27)24-14-19-5-3-11-28-19/h2,4,8,12-13,17,19H,3,5-7,9-11,14-15H2,1H3,(H,24,27). The molecule has 2 aliphatic rings. The monoisotopic (exact) mass is 383 g/mol. The number of urea groups is 1. The highest BCUT2D eigenvalue weighted by Gasteiger charge is 2.25. The number of carbonyl (C=O) groups excluding carboxylic acids is 1. The average molecular weight is 383 g/mol. The quantitative estimate of drug-likeness (QED) is 0.862. The summed E-state index contributed by atoms with van der Waals surface area (Å²) in [5.41, 5.74) is 2.21. The molecule has 0 radical (unpaired) electrons. The van der Waals surface area contributed by atoms with Gasteiger partial charge in [0.2, 0.25) is 0 Å². The first kappa shape index (κ1) is 18.9. The van der Waals surface area contributed by atoms with Gasteiger partial charge in [-0.25, -0.2) is 9.78 Å². The molecule has 4 rings (SSSR count). The summed E-state index contributed by atoms with van der Waals surface area (Å²) in [6.07, 6.45) is 9.93. The summed E-state index contributed by atoms with van der Waals surface area (Å²) in [6, 6.07) is 4.03. The van der Waals surface area contributed by atoms with E-state index in [-0.39, 0.29) is 12.1 Å². The van der Waals surface area contributed by atoms with E-state index in [1.165, 1.54) is 0 Å². The van der Waals surface area contributed by atoms with Crippen molar-refractivity contribution in [1.82, 2.24) is 24.8 Å². The molecule has 7 nitrogen and oxygen atoms in total. The minimum absolute atomic E-state index is 0.0452. The fourth-order valence-corrected chi connectivity index (χ4v) is 4.11. The van der Waals surface area contributed by atoms with Gasteiger partial charge in [-0.2, -0.15) is 0 Å². The maximum atomic E-state index is 12.4. The normalized spacial score (nSPS) is 20.5. The number of piperidine rings is 1. The summed E-state index contributed by atoms with van der Waals surface area (Å²) < 4.78 is 7.87. The first-order valence-electron chi connectivity index (χ1n) is 10.3. The van der Waals surface area contributed by atoms with Crippen molar-refractivity contribution in [2.45, 2.75) is 45.3 Å². The number of hydrogen-bond acceptors (Lipinski definition) is 4. The molecule has 0 bridgehead atoms. The Hall–Kier alpha value is -2.41. The Morgan fingerprint density at radius 1 is 1.29 bits per heavy atom. The molecule has 0 saturated carbocycles. The molecule has 2 fully saturated rings. The molecule has 150 valence electrons. The molecule has 0 aromatic carbocycles. The van der Waals surface area contributed by atoms with E-state index in [4.69, 9.17) is 4.74 Å². The fraction of sp³-hybridized carbons (Fsp3) is 0.571. The number of nitrogens with zero attached hydrogens (tertiary/aromatic N) is 4. The van der Waals surface area contributed by atoms with E-state index in [2.05, 4.69) is 26.8 Å². The molecule has 2 aromatic heterocycles. The third-order valence-electron chi connectivity index (χ3n) is 5.82. The van der Waals surface area contributed by atoms with Crippen LogP contribution in [0.25, 0.3) is 11.4 Å². The van der Waals surface area contributed by atoms with Gasteiger partial charge in [0.05, 0.1) is 6.10 Å². The molecule has 1 N–H and O–H groups in total. The lowest BCUT2D eigenvalue weighted by molar-refractivity contribution is 0.107. The molecule has 0 aliphatic carbocycles. The second-order valence-corrected chi connectivity index (χ2v) is 7.83. The minimum Gasteiger partial charge on any atom is -0.376 e. The number of aryl methyl sites for hydroxylation is 1. The molecule has 0 spiro atoms. The summed E-state index contributed by atoms with van der Waals surface area (Å²) in [6.45, 7) is 6.08. The highest BCUT2D eigenvalue weighted by molar-refractivity contribution is 5.74. The van der Waals surface area contributed by atoms with Crippen molar-refractivity contribution in [2.75, 3.05) is 26.2 Å². The van der Waals surface area contributed by atoms with Crippen molar-refractivity contribution in [3.8, 4) is 11.4 Å². The number of carbonyl (C=O) groups is 1. The lowest BCUT2D eigenvalue weighted by Gasteiger charge is -2.33. The first-order valence-corrected chi connectivity index (χ1v) is 10.3. The van der Waals surface area contributed by atoms with Gasteiger partial charge in [-0.15, -0.1) is 0 Å². The van der Waals surface area contributed by atoms with Crippen molar-refractivity contribution in [3.05, 3.63) is 36.4 Å². The van der Waals surface area contributed by atoms with E-state index >= 15 is 0 Å². The maximum absolute atomic E-state index is 12.4. The van der Waals surface area contributed by atoms with Gasteiger partial charge in [0.1, 0.15) is 5.82 Å². The highest BCUT2D eigenvalue weighted by Crippen LogP contribution is 2.24. The van der Waals surface area contributed by atoms with E-state index in [0.717, 1.165) is 69.0 Å². The van der Waals surface area contributed by atoms with Crippen molar-refractivity contribution in [3.63, 3.8) is 0 Å². The maximum Gasteiger partial charge on any atom is 0.317 e. The van der Waals surface area contributed by atoms with Gasteiger partial charge in [-0.05, 0) is 50.7 Å². The van der Waals surface area contributed by atoms with E-state index in [1.54, 1.807) is 6.20 Å². The number of rotatable bonds is 5. The Balaban J connectivity index is 1.30. The average Bonchev–Trinajstić information content (AvgIpc) is 3.38. The van der Waals surface area contributed by atoms with Crippen LogP contribution >= 0.6 is 0 Å². The van der Waals surface area contributed by atoms with Crippen LogP contribution in [0.15, 0.2) is 30.7 Å².